The fourth-order valence-electron chi connectivity index (χ4n) is 2.98. The molecule has 1 aromatic heterocycles. The molecule has 0 unspecified atom stereocenters. The minimum absolute atomic E-state index is 0.179. The molecule has 0 aliphatic heterocycles. The Morgan fingerprint density at radius 3 is 2.63 bits per heavy atom. The molecular weight excluding hydrogens is 418 g/mol. The summed E-state index contributed by atoms with van der Waals surface area (Å²) >= 11 is 11.2. The first-order valence-corrected chi connectivity index (χ1v) is 10.2. The van der Waals surface area contributed by atoms with Crippen molar-refractivity contribution in [2.75, 3.05) is 5.32 Å². The Morgan fingerprint density at radius 1 is 1.10 bits per heavy atom. The second-order valence-electron chi connectivity index (χ2n) is 6.67. The Bertz CT molecular complexity index is 1230. The molecule has 0 spiro atoms. The van der Waals surface area contributed by atoms with Gasteiger partial charge in [0.2, 0.25) is 5.89 Å². The molecule has 1 amide bonds. The van der Waals surface area contributed by atoms with Gasteiger partial charge >= 0.3 is 0 Å². The summed E-state index contributed by atoms with van der Waals surface area (Å²) in [6.07, 6.45) is 0.983. The molecule has 5 nitrogen and oxygen atoms in total. The highest BCUT2D eigenvalue weighted by Crippen LogP contribution is 2.26. The molecule has 0 aliphatic carbocycles. The minimum atomic E-state index is -0.338. The molecule has 0 fully saturated rings. The highest BCUT2D eigenvalue weighted by Gasteiger charge is 2.11. The zero-order valence-electron chi connectivity index (χ0n) is 16.1. The molecule has 4 rings (SSSR count). The Hall–Kier alpha value is -3.22. The minimum Gasteiger partial charge on any atom is -0.436 e. The SMILES string of the molecule is CCc1ccc(-c2nc3cc(NC(=S)NC(=O)c4cccc(Cl)c4)ccc3o2)cc1. The predicted molar refractivity (Wildman–Crippen MR) is 124 cm³/mol. The first-order chi connectivity index (χ1) is 14.5. The van der Waals surface area contributed by atoms with E-state index in [1.54, 1.807) is 24.3 Å². The van der Waals surface area contributed by atoms with Crippen LogP contribution in [0, 0.1) is 0 Å². The number of hydrogen-bond donors (Lipinski definition) is 2. The molecule has 0 saturated heterocycles. The van der Waals surface area contributed by atoms with Gasteiger partial charge < -0.3 is 9.73 Å². The van der Waals surface area contributed by atoms with Crippen LogP contribution < -0.4 is 10.6 Å². The van der Waals surface area contributed by atoms with Gasteiger partial charge in [-0.15, -0.1) is 0 Å². The van der Waals surface area contributed by atoms with Gasteiger partial charge in [0.25, 0.3) is 5.91 Å². The molecule has 0 saturated carbocycles. The Morgan fingerprint density at radius 2 is 1.90 bits per heavy atom. The smallest absolute Gasteiger partial charge is 0.257 e. The second kappa shape index (κ2) is 8.65. The van der Waals surface area contributed by atoms with E-state index < -0.39 is 0 Å². The number of carbonyl (C=O) groups excluding carboxylic acids is 1. The van der Waals surface area contributed by atoms with E-state index in [-0.39, 0.29) is 11.0 Å². The Balaban J connectivity index is 1.47. The van der Waals surface area contributed by atoms with Crippen LogP contribution in [0.15, 0.2) is 71.1 Å². The summed E-state index contributed by atoms with van der Waals surface area (Å²) in [6.45, 7) is 2.12. The lowest BCUT2D eigenvalue weighted by molar-refractivity contribution is 0.0977. The number of fused-ring (bicyclic) bond motifs is 1. The van der Waals surface area contributed by atoms with Gasteiger partial charge in [-0.05, 0) is 72.7 Å². The topological polar surface area (TPSA) is 67.2 Å². The summed E-state index contributed by atoms with van der Waals surface area (Å²) in [7, 11) is 0. The largest absolute Gasteiger partial charge is 0.436 e. The standard InChI is InChI=1S/C23H18ClN3O2S/c1-2-14-6-8-15(9-7-14)22-26-19-13-18(10-11-20(19)29-22)25-23(30)27-21(28)16-4-3-5-17(24)12-16/h3-13H,2H2,1H3,(H2,25,27,28,30). The van der Waals surface area contributed by atoms with E-state index in [1.165, 1.54) is 5.56 Å². The fourth-order valence-corrected chi connectivity index (χ4v) is 3.38. The highest BCUT2D eigenvalue weighted by molar-refractivity contribution is 7.80. The van der Waals surface area contributed by atoms with Crippen molar-refractivity contribution < 1.29 is 9.21 Å². The third-order valence-corrected chi connectivity index (χ3v) is 5.01. The number of amides is 1. The number of nitrogens with zero attached hydrogens (tertiary/aromatic N) is 1. The normalized spacial score (nSPS) is 10.7. The summed E-state index contributed by atoms with van der Waals surface area (Å²) in [4.78, 5) is 16.9. The van der Waals surface area contributed by atoms with Crippen molar-refractivity contribution in [1.82, 2.24) is 10.3 Å². The molecule has 2 N–H and O–H groups in total. The van der Waals surface area contributed by atoms with Crippen molar-refractivity contribution in [2.24, 2.45) is 0 Å². The lowest BCUT2D eigenvalue weighted by atomic mass is 10.1. The average molecular weight is 436 g/mol. The summed E-state index contributed by atoms with van der Waals surface area (Å²) in [5.41, 5.74) is 4.66. The number of benzene rings is 3. The lowest BCUT2D eigenvalue weighted by Gasteiger charge is -2.09. The van der Waals surface area contributed by atoms with Crippen LogP contribution in [-0.4, -0.2) is 16.0 Å². The maximum atomic E-state index is 12.3. The van der Waals surface area contributed by atoms with Crippen LogP contribution >= 0.6 is 23.8 Å². The van der Waals surface area contributed by atoms with Crippen molar-refractivity contribution in [3.8, 4) is 11.5 Å². The number of halogens is 1. The van der Waals surface area contributed by atoms with Crippen LogP contribution in [0.3, 0.4) is 0 Å². The lowest BCUT2D eigenvalue weighted by Crippen LogP contribution is -2.34. The number of aryl methyl sites for hydroxylation is 1. The van der Waals surface area contributed by atoms with Crippen LogP contribution in [0.25, 0.3) is 22.6 Å². The first-order valence-electron chi connectivity index (χ1n) is 9.39. The molecule has 4 aromatic rings. The quantitative estimate of drug-likeness (QED) is 0.394. The second-order valence-corrected chi connectivity index (χ2v) is 7.52. The zero-order chi connectivity index (χ0) is 21.1. The molecule has 1 heterocycles. The van der Waals surface area contributed by atoms with Crippen LogP contribution in [0.5, 0.6) is 0 Å². The van der Waals surface area contributed by atoms with E-state index in [9.17, 15) is 4.79 Å². The molecule has 150 valence electrons. The summed E-state index contributed by atoms with van der Waals surface area (Å²) in [5, 5.41) is 6.30. The van der Waals surface area contributed by atoms with Crippen molar-refractivity contribution >= 4 is 51.6 Å². The van der Waals surface area contributed by atoms with E-state index in [0.717, 1.165) is 12.0 Å². The molecule has 0 radical (unpaired) electrons. The van der Waals surface area contributed by atoms with Crippen LogP contribution in [-0.2, 0) is 6.42 Å². The maximum absolute atomic E-state index is 12.3. The van der Waals surface area contributed by atoms with Crippen molar-refractivity contribution in [3.63, 3.8) is 0 Å². The van der Waals surface area contributed by atoms with Crippen molar-refractivity contribution in [3.05, 3.63) is 82.9 Å². The fraction of sp³-hybridized carbons (Fsp3) is 0.0870. The average Bonchev–Trinajstić information content (AvgIpc) is 3.17. The molecule has 3 aromatic carbocycles. The number of rotatable bonds is 4. The van der Waals surface area contributed by atoms with Gasteiger partial charge in [0.15, 0.2) is 10.7 Å². The van der Waals surface area contributed by atoms with E-state index >= 15 is 0 Å². The highest BCUT2D eigenvalue weighted by atomic mass is 35.5. The zero-order valence-corrected chi connectivity index (χ0v) is 17.7. The van der Waals surface area contributed by atoms with E-state index in [0.29, 0.717) is 33.3 Å². The summed E-state index contributed by atoms with van der Waals surface area (Å²) in [6, 6.07) is 20.2. The van der Waals surface area contributed by atoms with E-state index in [4.69, 9.17) is 28.2 Å². The monoisotopic (exact) mass is 435 g/mol. The van der Waals surface area contributed by atoms with Crippen LogP contribution in [0.1, 0.15) is 22.8 Å². The molecular formula is C23H18ClN3O2S. The number of anilines is 1. The molecule has 0 bridgehead atoms. The maximum Gasteiger partial charge on any atom is 0.257 e. The predicted octanol–water partition coefficient (Wildman–Crippen LogP) is 5.84. The number of aromatic nitrogens is 1. The van der Waals surface area contributed by atoms with Gasteiger partial charge in [-0.1, -0.05) is 36.7 Å². The molecule has 7 heteroatoms. The van der Waals surface area contributed by atoms with Crippen molar-refractivity contribution in [1.29, 1.82) is 0 Å². The number of thiocarbonyl (C=S) groups is 1. The van der Waals surface area contributed by atoms with Gasteiger partial charge in [-0.25, -0.2) is 4.98 Å². The van der Waals surface area contributed by atoms with Crippen molar-refractivity contribution in [2.45, 2.75) is 13.3 Å². The van der Waals surface area contributed by atoms with Gasteiger partial charge in [0.1, 0.15) is 5.52 Å². The van der Waals surface area contributed by atoms with Gasteiger partial charge in [0, 0.05) is 21.8 Å². The number of nitrogens with one attached hydrogen (secondary N) is 2. The molecule has 30 heavy (non-hydrogen) atoms. The molecule has 0 aliphatic rings. The van der Waals surface area contributed by atoms with Gasteiger partial charge in [-0.2, -0.15) is 0 Å². The number of hydrogen-bond acceptors (Lipinski definition) is 4. The number of oxazole rings is 1. The van der Waals surface area contributed by atoms with Crippen LogP contribution in [0.4, 0.5) is 5.69 Å². The van der Waals surface area contributed by atoms with Gasteiger partial charge in [-0.3, -0.25) is 10.1 Å². The Labute approximate surface area is 184 Å². The molecule has 0 atom stereocenters. The van der Waals surface area contributed by atoms with E-state index in [1.807, 2.05) is 30.3 Å². The van der Waals surface area contributed by atoms with Crippen LogP contribution in [0.2, 0.25) is 5.02 Å². The summed E-state index contributed by atoms with van der Waals surface area (Å²) in [5.74, 6) is 0.219. The van der Waals surface area contributed by atoms with E-state index in [2.05, 4.69) is 34.7 Å². The third-order valence-electron chi connectivity index (χ3n) is 4.57. The number of carbonyl (C=O) groups is 1. The third kappa shape index (κ3) is 4.50. The first kappa shape index (κ1) is 20.1. The Kier molecular flexibility index (Phi) is 5.79. The summed E-state index contributed by atoms with van der Waals surface area (Å²) < 4.78 is 5.87. The van der Waals surface area contributed by atoms with Gasteiger partial charge in [0.05, 0.1) is 0 Å².